The molecule has 1 N–H and O–H groups in total. The first-order valence-electron chi connectivity index (χ1n) is 6.11. The first kappa shape index (κ1) is 13.1. The van der Waals surface area contributed by atoms with Gasteiger partial charge in [-0.25, -0.2) is 0 Å². The van der Waals surface area contributed by atoms with E-state index in [-0.39, 0.29) is 5.91 Å². The van der Waals surface area contributed by atoms with E-state index in [1.54, 1.807) is 25.1 Å². The van der Waals surface area contributed by atoms with Crippen molar-refractivity contribution < 1.29 is 9.90 Å². The highest BCUT2D eigenvalue weighted by Gasteiger charge is 2.08. The van der Waals surface area contributed by atoms with Gasteiger partial charge in [-0.2, -0.15) is 0 Å². The summed E-state index contributed by atoms with van der Waals surface area (Å²) in [5, 5.41) is 9.52. The third kappa shape index (κ3) is 2.76. The van der Waals surface area contributed by atoms with Crippen molar-refractivity contribution in [3.8, 4) is 16.9 Å². The Balaban J connectivity index is 2.32. The van der Waals surface area contributed by atoms with Gasteiger partial charge >= 0.3 is 0 Å². The highest BCUT2D eigenvalue weighted by molar-refractivity contribution is 5.94. The van der Waals surface area contributed by atoms with Crippen LogP contribution in [0.5, 0.6) is 5.75 Å². The second-order valence-electron chi connectivity index (χ2n) is 4.78. The fraction of sp³-hybridized carbons (Fsp3) is 0.188. The van der Waals surface area contributed by atoms with Crippen LogP contribution < -0.4 is 0 Å². The van der Waals surface area contributed by atoms with E-state index >= 15 is 0 Å². The zero-order valence-electron chi connectivity index (χ0n) is 11.3. The molecule has 0 saturated heterocycles. The van der Waals surface area contributed by atoms with Crippen molar-refractivity contribution in [3.63, 3.8) is 0 Å². The van der Waals surface area contributed by atoms with E-state index in [4.69, 9.17) is 0 Å². The fourth-order valence-electron chi connectivity index (χ4n) is 1.90. The number of phenolic OH excluding ortho intramolecular Hbond substituents is 1. The normalized spacial score (nSPS) is 10.3. The van der Waals surface area contributed by atoms with Crippen LogP contribution in [0.2, 0.25) is 0 Å². The van der Waals surface area contributed by atoms with Gasteiger partial charge in [0.05, 0.1) is 0 Å². The number of carbonyl (C=O) groups excluding carboxylic acids is 1. The first-order valence-corrected chi connectivity index (χ1v) is 6.11. The lowest BCUT2D eigenvalue weighted by atomic mass is 10.0. The molecule has 3 nitrogen and oxygen atoms in total. The summed E-state index contributed by atoms with van der Waals surface area (Å²) in [6, 6.07) is 13.0. The maximum Gasteiger partial charge on any atom is 0.253 e. The van der Waals surface area contributed by atoms with Crippen LogP contribution in [-0.2, 0) is 0 Å². The van der Waals surface area contributed by atoms with E-state index in [0.29, 0.717) is 11.3 Å². The Hall–Kier alpha value is -2.29. The number of hydrogen-bond donors (Lipinski definition) is 1. The van der Waals surface area contributed by atoms with Gasteiger partial charge in [0.2, 0.25) is 0 Å². The fourth-order valence-corrected chi connectivity index (χ4v) is 1.90. The van der Waals surface area contributed by atoms with Gasteiger partial charge < -0.3 is 10.0 Å². The second kappa shape index (κ2) is 5.14. The summed E-state index contributed by atoms with van der Waals surface area (Å²) in [5.74, 6) is 0.289. The number of aryl methyl sites for hydroxylation is 1. The molecule has 98 valence electrons. The third-order valence-corrected chi connectivity index (χ3v) is 3.07. The van der Waals surface area contributed by atoms with Gasteiger partial charge in [0.25, 0.3) is 5.91 Å². The summed E-state index contributed by atoms with van der Waals surface area (Å²) in [5.41, 5.74) is 3.56. The Morgan fingerprint density at radius 3 is 2.11 bits per heavy atom. The maximum atomic E-state index is 11.8. The molecule has 0 saturated carbocycles. The van der Waals surface area contributed by atoms with E-state index in [0.717, 1.165) is 16.7 Å². The molecule has 0 atom stereocenters. The molecule has 0 heterocycles. The molecular weight excluding hydrogens is 238 g/mol. The molecule has 0 unspecified atom stereocenters. The molecule has 1 amide bonds. The predicted molar refractivity (Wildman–Crippen MR) is 76.3 cm³/mol. The SMILES string of the molecule is Cc1cc(-c2ccc(C(=O)N(C)C)cc2)ccc1O. The van der Waals surface area contributed by atoms with E-state index in [1.165, 1.54) is 0 Å². The summed E-state index contributed by atoms with van der Waals surface area (Å²) in [6.45, 7) is 1.86. The Kier molecular flexibility index (Phi) is 3.56. The number of nitrogens with zero attached hydrogens (tertiary/aromatic N) is 1. The summed E-state index contributed by atoms with van der Waals surface area (Å²) in [4.78, 5) is 13.3. The van der Waals surface area contributed by atoms with E-state index in [1.807, 2.05) is 43.3 Å². The van der Waals surface area contributed by atoms with Crippen molar-refractivity contribution in [3.05, 3.63) is 53.6 Å². The van der Waals surface area contributed by atoms with Crippen LogP contribution in [0, 0.1) is 6.92 Å². The largest absolute Gasteiger partial charge is 0.508 e. The van der Waals surface area contributed by atoms with Crippen LogP contribution in [-0.4, -0.2) is 30.0 Å². The van der Waals surface area contributed by atoms with Crippen LogP contribution in [0.25, 0.3) is 11.1 Å². The average Bonchev–Trinajstić information content (AvgIpc) is 2.41. The molecule has 0 fully saturated rings. The van der Waals surface area contributed by atoms with Crippen LogP contribution in [0.4, 0.5) is 0 Å². The van der Waals surface area contributed by atoms with Crippen molar-refractivity contribution in [2.45, 2.75) is 6.92 Å². The van der Waals surface area contributed by atoms with Crippen molar-refractivity contribution in [2.75, 3.05) is 14.1 Å². The Morgan fingerprint density at radius 2 is 1.58 bits per heavy atom. The van der Waals surface area contributed by atoms with Gasteiger partial charge in [-0.05, 0) is 47.9 Å². The van der Waals surface area contributed by atoms with Crippen molar-refractivity contribution >= 4 is 5.91 Å². The zero-order chi connectivity index (χ0) is 14.0. The zero-order valence-corrected chi connectivity index (χ0v) is 11.3. The average molecular weight is 255 g/mol. The summed E-state index contributed by atoms with van der Waals surface area (Å²) in [6.07, 6.45) is 0. The molecule has 0 bridgehead atoms. The molecule has 0 aliphatic carbocycles. The Morgan fingerprint density at radius 1 is 1.00 bits per heavy atom. The van der Waals surface area contributed by atoms with E-state index in [2.05, 4.69) is 0 Å². The van der Waals surface area contributed by atoms with Gasteiger partial charge in [0, 0.05) is 19.7 Å². The molecular formula is C16H17NO2. The topological polar surface area (TPSA) is 40.5 Å². The van der Waals surface area contributed by atoms with Gasteiger partial charge in [-0.1, -0.05) is 18.2 Å². The van der Waals surface area contributed by atoms with Gasteiger partial charge in [0.15, 0.2) is 0 Å². The molecule has 19 heavy (non-hydrogen) atoms. The number of carbonyl (C=O) groups is 1. The summed E-state index contributed by atoms with van der Waals surface area (Å²) in [7, 11) is 3.47. The summed E-state index contributed by atoms with van der Waals surface area (Å²) < 4.78 is 0. The molecule has 0 aliphatic rings. The van der Waals surface area contributed by atoms with E-state index in [9.17, 15) is 9.90 Å². The number of hydrogen-bond acceptors (Lipinski definition) is 2. The summed E-state index contributed by atoms with van der Waals surface area (Å²) >= 11 is 0. The minimum absolute atomic E-state index is 0.00608. The molecule has 2 aromatic carbocycles. The Bertz CT molecular complexity index is 601. The third-order valence-electron chi connectivity index (χ3n) is 3.07. The molecule has 0 spiro atoms. The lowest BCUT2D eigenvalue weighted by Gasteiger charge is -2.11. The first-order chi connectivity index (χ1) is 8.99. The van der Waals surface area contributed by atoms with Crippen molar-refractivity contribution in [1.82, 2.24) is 4.90 Å². The molecule has 0 aromatic heterocycles. The maximum absolute atomic E-state index is 11.8. The number of amides is 1. The number of aromatic hydroxyl groups is 1. The minimum atomic E-state index is -0.00608. The second-order valence-corrected chi connectivity index (χ2v) is 4.78. The standard InChI is InChI=1S/C16H17NO2/c1-11-10-14(8-9-15(11)18)12-4-6-13(7-5-12)16(19)17(2)3/h4-10,18H,1-3H3. The van der Waals surface area contributed by atoms with Gasteiger partial charge in [-0.3, -0.25) is 4.79 Å². The number of rotatable bonds is 2. The molecule has 3 heteroatoms. The van der Waals surface area contributed by atoms with Crippen molar-refractivity contribution in [1.29, 1.82) is 0 Å². The van der Waals surface area contributed by atoms with Crippen LogP contribution in [0.15, 0.2) is 42.5 Å². The van der Waals surface area contributed by atoms with Gasteiger partial charge in [0.1, 0.15) is 5.75 Å². The minimum Gasteiger partial charge on any atom is -0.508 e. The quantitative estimate of drug-likeness (QED) is 0.896. The lowest BCUT2D eigenvalue weighted by Crippen LogP contribution is -2.21. The van der Waals surface area contributed by atoms with Crippen molar-refractivity contribution in [2.24, 2.45) is 0 Å². The smallest absolute Gasteiger partial charge is 0.253 e. The van der Waals surface area contributed by atoms with Crippen LogP contribution in [0.3, 0.4) is 0 Å². The molecule has 0 aliphatic heterocycles. The molecule has 2 rings (SSSR count). The van der Waals surface area contributed by atoms with Gasteiger partial charge in [-0.15, -0.1) is 0 Å². The Labute approximate surface area is 113 Å². The van der Waals surface area contributed by atoms with Crippen LogP contribution in [0.1, 0.15) is 15.9 Å². The highest BCUT2D eigenvalue weighted by Crippen LogP contribution is 2.25. The lowest BCUT2D eigenvalue weighted by molar-refractivity contribution is 0.0827. The monoisotopic (exact) mass is 255 g/mol. The van der Waals surface area contributed by atoms with Crippen LogP contribution >= 0.6 is 0 Å². The molecule has 0 radical (unpaired) electrons. The number of benzene rings is 2. The highest BCUT2D eigenvalue weighted by atomic mass is 16.3. The predicted octanol–water partition coefficient (Wildman–Crippen LogP) is 3.07. The molecule has 2 aromatic rings. The van der Waals surface area contributed by atoms with E-state index < -0.39 is 0 Å². The number of phenols is 1.